The maximum absolute atomic E-state index is 14.0. The van der Waals surface area contributed by atoms with Crippen molar-refractivity contribution < 1.29 is 31.1 Å². The Labute approximate surface area is 154 Å². The molecule has 0 heterocycles. The van der Waals surface area contributed by atoms with Gasteiger partial charge in [0.25, 0.3) is 5.91 Å². The van der Waals surface area contributed by atoms with Crippen LogP contribution in [-0.4, -0.2) is 28.0 Å². The van der Waals surface area contributed by atoms with Gasteiger partial charge in [0.2, 0.25) is 10.0 Å². The second-order valence-electron chi connectivity index (χ2n) is 5.50. The molecule has 1 unspecified atom stereocenters. The first-order chi connectivity index (χ1) is 12.6. The minimum Gasteiger partial charge on any atom is -0.435 e. The van der Waals surface area contributed by atoms with Gasteiger partial charge < -0.3 is 10.1 Å². The molecule has 6 nitrogen and oxygen atoms in total. The summed E-state index contributed by atoms with van der Waals surface area (Å²) in [6, 6.07) is 7.83. The summed E-state index contributed by atoms with van der Waals surface area (Å²) in [4.78, 5) is 12.1. The van der Waals surface area contributed by atoms with Gasteiger partial charge in [0.05, 0.1) is 16.5 Å². The average molecular weight is 402 g/mol. The van der Waals surface area contributed by atoms with Crippen LogP contribution in [0.4, 0.5) is 13.2 Å². The van der Waals surface area contributed by atoms with Gasteiger partial charge in [-0.2, -0.15) is 8.78 Å². The predicted octanol–water partition coefficient (Wildman–Crippen LogP) is 2.83. The van der Waals surface area contributed by atoms with Gasteiger partial charge in [-0.05, 0) is 49.9 Å². The lowest BCUT2D eigenvalue weighted by Crippen LogP contribution is -2.28. The summed E-state index contributed by atoms with van der Waals surface area (Å²) >= 11 is 0. The fourth-order valence-corrected chi connectivity index (χ4v) is 3.04. The van der Waals surface area contributed by atoms with Crippen LogP contribution in [0.2, 0.25) is 0 Å². The number of rotatable bonds is 7. The first-order valence-electron chi connectivity index (χ1n) is 7.73. The predicted molar refractivity (Wildman–Crippen MR) is 91.6 cm³/mol. The van der Waals surface area contributed by atoms with E-state index in [-0.39, 0.29) is 10.6 Å². The first kappa shape index (κ1) is 20.7. The zero-order chi connectivity index (χ0) is 20.2. The van der Waals surface area contributed by atoms with Crippen molar-refractivity contribution in [3.63, 3.8) is 0 Å². The van der Waals surface area contributed by atoms with E-state index in [1.165, 1.54) is 25.2 Å². The number of amides is 1. The number of carbonyl (C=O) groups is 1. The highest BCUT2D eigenvalue weighted by atomic mass is 32.2. The molecule has 1 atom stereocenters. The zero-order valence-electron chi connectivity index (χ0n) is 14.4. The van der Waals surface area contributed by atoms with E-state index in [1.54, 1.807) is 13.0 Å². The maximum Gasteiger partial charge on any atom is 0.387 e. The normalized spacial score (nSPS) is 12.7. The van der Waals surface area contributed by atoms with Crippen LogP contribution in [0.1, 0.15) is 28.9 Å². The summed E-state index contributed by atoms with van der Waals surface area (Å²) in [5.41, 5.74) is -0.0148. The van der Waals surface area contributed by atoms with Gasteiger partial charge in [-0.25, -0.2) is 17.5 Å². The second-order valence-corrected chi connectivity index (χ2v) is 7.38. The SMILES string of the molecule is CNS(=O)(=O)c1ccc(F)c(C(=O)NC(C)c2cccc(OC(F)F)c2)c1. The van der Waals surface area contributed by atoms with E-state index in [4.69, 9.17) is 0 Å². The van der Waals surface area contributed by atoms with Crippen molar-refractivity contribution in [3.05, 3.63) is 59.4 Å². The smallest absolute Gasteiger partial charge is 0.387 e. The minimum absolute atomic E-state index is 0.0862. The Morgan fingerprint density at radius 1 is 1.15 bits per heavy atom. The molecule has 0 bridgehead atoms. The van der Waals surface area contributed by atoms with Crippen molar-refractivity contribution in [2.24, 2.45) is 0 Å². The van der Waals surface area contributed by atoms with E-state index in [0.717, 1.165) is 18.2 Å². The van der Waals surface area contributed by atoms with Crippen molar-refractivity contribution in [2.45, 2.75) is 24.5 Å². The van der Waals surface area contributed by atoms with Crippen molar-refractivity contribution in [2.75, 3.05) is 7.05 Å². The molecule has 0 saturated carbocycles. The highest BCUT2D eigenvalue weighted by molar-refractivity contribution is 7.89. The first-order valence-corrected chi connectivity index (χ1v) is 9.21. The van der Waals surface area contributed by atoms with Crippen LogP contribution in [0.15, 0.2) is 47.4 Å². The third-order valence-electron chi connectivity index (χ3n) is 3.69. The van der Waals surface area contributed by atoms with Crippen LogP contribution in [0.5, 0.6) is 5.75 Å². The lowest BCUT2D eigenvalue weighted by molar-refractivity contribution is -0.0499. The lowest BCUT2D eigenvalue weighted by Gasteiger charge is -2.16. The van der Waals surface area contributed by atoms with Crippen LogP contribution in [0.25, 0.3) is 0 Å². The topological polar surface area (TPSA) is 84.5 Å². The highest BCUT2D eigenvalue weighted by Gasteiger charge is 2.20. The standard InChI is InChI=1S/C17H17F3N2O4S/c1-10(11-4-3-5-12(8-11)26-17(19)20)22-16(23)14-9-13(6-7-15(14)18)27(24,25)21-2/h3-10,17,21H,1-2H3,(H,22,23). The summed E-state index contributed by atoms with van der Waals surface area (Å²) in [6.45, 7) is -1.43. The summed E-state index contributed by atoms with van der Waals surface area (Å²) < 4.78 is 68.6. The number of hydrogen-bond donors (Lipinski definition) is 2. The van der Waals surface area contributed by atoms with Crippen molar-refractivity contribution in [1.29, 1.82) is 0 Å². The molecule has 2 rings (SSSR count). The molecule has 146 valence electrons. The number of halogens is 3. The van der Waals surface area contributed by atoms with E-state index in [9.17, 15) is 26.4 Å². The number of sulfonamides is 1. The summed E-state index contributed by atoms with van der Waals surface area (Å²) in [6.07, 6.45) is 0. The van der Waals surface area contributed by atoms with Crippen molar-refractivity contribution in [1.82, 2.24) is 10.0 Å². The van der Waals surface area contributed by atoms with Crippen LogP contribution >= 0.6 is 0 Å². The average Bonchev–Trinajstić information content (AvgIpc) is 2.61. The van der Waals surface area contributed by atoms with Gasteiger partial charge in [-0.15, -0.1) is 0 Å². The molecule has 0 aliphatic heterocycles. The molecule has 0 aromatic heterocycles. The van der Waals surface area contributed by atoms with Gasteiger partial charge in [0.15, 0.2) is 0 Å². The number of alkyl halides is 2. The lowest BCUT2D eigenvalue weighted by atomic mass is 10.1. The van der Waals surface area contributed by atoms with Gasteiger partial charge in [0, 0.05) is 0 Å². The molecule has 0 spiro atoms. The largest absolute Gasteiger partial charge is 0.435 e. The van der Waals surface area contributed by atoms with Crippen molar-refractivity contribution >= 4 is 15.9 Å². The third-order valence-corrected chi connectivity index (χ3v) is 5.10. The Hall–Kier alpha value is -2.59. The molecule has 2 aromatic carbocycles. The quantitative estimate of drug-likeness (QED) is 0.746. The van der Waals surface area contributed by atoms with Crippen LogP contribution < -0.4 is 14.8 Å². The number of benzene rings is 2. The number of hydrogen-bond acceptors (Lipinski definition) is 4. The van der Waals surface area contributed by atoms with E-state index in [1.807, 2.05) is 0 Å². The summed E-state index contributed by atoms with van der Waals surface area (Å²) in [7, 11) is -2.66. The molecule has 0 radical (unpaired) electrons. The fourth-order valence-electron chi connectivity index (χ4n) is 2.28. The number of ether oxygens (including phenoxy) is 1. The molecule has 0 fully saturated rings. The van der Waals surface area contributed by atoms with Gasteiger partial charge in [-0.1, -0.05) is 12.1 Å². The number of nitrogens with one attached hydrogen (secondary N) is 2. The van der Waals surface area contributed by atoms with Gasteiger partial charge in [-0.3, -0.25) is 4.79 Å². The van der Waals surface area contributed by atoms with Gasteiger partial charge >= 0.3 is 6.61 Å². The molecule has 0 aliphatic carbocycles. The summed E-state index contributed by atoms with van der Waals surface area (Å²) in [5.74, 6) is -1.84. The van der Waals surface area contributed by atoms with E-state index >= 15 is 0 Å². The van der Waals surface area contributed by atoms with E-state index in [2.05, 4.69) is 14.8 Å². The molecule has 2 N–H and O–H groups in total. The Morgan fingerprint density at radius 2 is 1.85 bits per heavy atom. The molecule has 1 amide bonds. The zero-order valence-corrected chi connectivity index (χ0v) is 15.2. The monoisotopic (exact) mass is 402 g/mol. The number of carbonyl (C=O) groups excluding carboxylic acids is 1. The van der Waals surface area contributed by atoms with Crippen molar-refractivity contribution in [3.8, 4) is 5.75 Å². The molecular formula is C17H17F3N2O4S. The summed E-state index contributed by atoms with van der Waals surface area (Å²) in [5, 5.41) is 2.49. The molecule has 10 heteroatoms. The third kappa shape index (κ3) is 5.20. The Bertz CT molecular complexity index is 936. The molecule has 27 heavy (non-hydrogen) atoms. The van der Waals surface area contributed by atoms with Gasteiger partial charge in [0.1, 0.15) is 11.6 Å². The molecule has 0 saturated heterocycles. The molecule has 2 aromatic rings. The molecule has 0 aliphatic rings. The van der Waals surface area contributed by atoms with Crippen LogP contribution in [-0.2, 0) is 10.0 Å². The Kier molecular flexibility index (Phi) is 6.45. The van der Waals surface area contributed by atoms with E-state index in [0.29, 0.717) is 5.56 Å². The Morgan fingerprint density at radius 3 is 2.48 bits per heavy atom. The Balaban J connectivity index is 2.23. The van der Waals surface area contributed by atoms with E-state index < -0.39 is 40.0 Å². The maximum atomic E-state index is 14.0. The van der Waals surface area contributed by atoms with Crippen LogP contribution in [0.3, 0.4) is 0 Å². The molecular weight excluding hydrogens is 385 g/mol. The van der Waals surface area contributed by atoms with Crippen LogP contribution in [0, 0.1) is 5.82 Å². The highest BCUT2D eigenvalue weighted by Crippen LogP contribution is 2.22. The minimum atomic E-state index is -3.85. The second kappa shape index (κ2) is 8.40. The fraction of sp³-hybridized carbons (Fsp3) is 0.235.